The van der Waals surface area contributed by atoms with Crippen molar-refractivity contribution in [2.24, 2.45) is 5.10 Å². The number of rotatable bonds is 7. The zero-order valence-corrected chi connectivity index (χ0v) is 21.9. The number of nitrogens with zero attached hydrogens (tertiary/aromatic N) is 2. The average molecular weight is 579 g/mol. The summed E-state index contributed by atoms with van der Waals surface area (Å²) >= 11 is 9.57. The first-order valence-corrected chi connectivity index (χ1v) is 13.0. The Morgan fingerprint density at radius 1 is 1.11 bits per heavy atom. The number of carbonyl (C=O) groups excluding carboxylic acids is 1. The molecule has 0 saturated heterocycles. The molecular formula is C24H21BrClN3O5S. The van der Waals surface area contributed by atoms with E-state index in [0.29, 0.717) is 37.8 Å². The number of sulfonamides is 1. The number of aryl methyl sites for hydroxylation is 2. The van der Waals surface area contributed by atoms with Crippen LogP contribution in [-0.4, -0.2) is 33.9 Å². The highest BCUT2D eigenvalue weighted by Crippen LogP contribution is 2.36. The lowest BCUT2D eigenvalue weighted by molar-refractivity contribution is -0.119. The van der Waals surface area contributed by atoms with Gasteiger partial charge in [-0.1, -0.05) is 35.4 Å². The van der Waals surface area contributed by atoms with E-state index in [1.165, 1.54) is 24.4 Å². The van der Waals surface area contributed by atoms with Gasteiger partial charge in [0.05, 0.1) is 16.8 Å². The fourth-order valence-corrected chi connectivity index (χ4v) is 5.43. The van der Waals surface area contributed by atoms with E-state index in [1.807, 2.05) is 6.92 Å². The Balaban J connectivity index is 1.59. The van der Waals surface area contributed by atoms with Crippen molar-refractivity contribution in [1.82, 2.24) is 5.43 Å². The van der Waals surface area contributed by atoms with Crippen molar-refractivity contribution in [2.45, 2.75) is 18.7 Å². The summed E-state index contributed by atoms with van der Waals surface area (Å²) in [4.78, 5) is 12.9. The third-order valence-electron chi connectivity index (χ3n) is 5.22. The van der Waals surface area contributed by atoms with E-state index in [1.54, 1.807) is 43.3 Å². The van der Waals surface area contributed by atoms with Crippen LogP contribution in [-0.2, 0) is 14.8 Å². The summed E-state index contributed by atoms with van der Waals surface area (Å²) < 4.78 is 39.4. The molecule has 0 spiro atoms. The molecule has 0 aliphatic carbocycles. The molecule has 1 aliphatic heterocycles. The normalized spacial score (nSPS) is 12.7. The summed E-state index contributed by atoms with van der Waals surface area (Å²) in [6.45, 7) is 3.24. The monoisotopic (exact) mass is 577 g/mol. The minimum absolute atomic E-state index is 0.0584. The van der Waals surface area contributed by atoms with Gasteiger partial charge in [0.15, 0.2) is 11.5 Å². The summed E-state index contributed by atoms with van der Waals surface area (Å²) in [7, 11) is -4.07. The lowest BCUT2D eigenvalue weighted by Gasteiger charge is -2.25. The van der Waals surface area contributed by atoms with Crippen LogP contribution in [0.4, 0.5) is 5.69 Å². The van der Waals surface area contributed by atoms with Crippen molar-refractivity contribution in [3.8, 4) is 11.5 Å². The van der Waals surface area contributed by atoms with E-state index < -0.39 is 22.5 Å². The molecule has 3 aromatic carbocycles. The molecule has 1 heterocycles. The van der Waals surface area contributed by atoms with Gasteiger partial charge in [-0.15, -0.1) is 0 Å². The number of fused-ring (bicyclic) bond motifs is 1. The van der Waals surface area contributed by atoms with Crippen LogP contribution in [0.25, 0.3) is 0 Å². The molecule has 182 valence electrons. The fourth-order valence-electron chi connectivity index (χ4n) is 3.36. The standard InChI is InChI=1S/C24H21BrClN3O5S/c1-15-3-7-19(8-4-15)35(31,32)29(21-10-18(26)6-5-16(21)2)13-24(30)28-27-12-17-9-22-23(11-20(17)25)34-14-33-22/h3-12H,13-14H2,1-2H3,(H,28,30)/b27-12-. The predicted molar refractivity (Wildman–Crippen MR) is 138 cm³/mol. The van der Waals surface area contributed by atoms with E-state index in [4.69, 9.17) is 21.1 Å². The van der Waals surface area contributed by atoms with Crippen molar-refractivity contribution >= 4 is 55.4 Å². The van der Waals surface area contributed by atoms with Crippen LogP contribution in [0.1, 0.15) is 16.7 Å². The second kappa shape index (κ2) is 10.3. The van der Waals surface area contributed by atoms with Gasteiger partial charge in [0.1, 0.15) is 6.54 Å². The summed E-state index contributed by atoms with van der Waals surface area (Å²) in [6, 6.07) is 14.7. The SMILES string of the molecule is Cc1ccc(S(=O)(=O)N(CC(=O)N/N=C\c2cc3c(cc2Br)OCO3)c2cc(Cl)ccc2C)cc1. The molecule has 0 radical (unpaired) electrons. The number of benzene rings is 3. The average Bonchev–Trinajstić information content (AvgIpc) is 3.26. The van der Waals surface area contributed by atoms with Gasteiger partial charge in [-0.2, -0.15) is 5.10 Å². The van der Waals surface area contributed by atoms with Crippen LogP contribution in [0.3, 0.4) is 0 Å². The third kappa shape index (κ3) is 5.61. The maximum atomic E-state index is 13.5. The Bertz CT molecular complexity index is 1410. The van der Waals surface area contributed by atoms with Crippen LogP contribution in [0.2, 0.25) is 5.02 Å². The second-order valence-corrected chi connectivity index (χ2v) is 10.9. The number of anilines is 1. The van der Waals surface area contributed by atoms with Gasteiger partial charge in [-0.25, -0.2) is 13.8 Å². The van der Waals surface area contributed by atoms with Crippen LogP contribution >= 0.6 is 27.5 Å². The minimum atomic E-state index is -4.07. The van der Waals surface area contributed by atoms with Crippen LogP contribution in [0, 0.1) is 13.8 Å². The lowest BCUT2D eigenvalue weighted by atomic mass is 10.2. The zero-order valence-electron chi connectivity index (χ0n) is 18.8. The molecule has 3 aromatic rings. The highest BCUT2D eigenvalue weighted by atomic mass is 79.9. The number of hydrogen-bond acceptors (Lipinski definition) is 6. The first-order chi connectivity index (χ1) is 16.6. The number of amides is 1. The molecule has 1 aliphatic rings. The smallest absolute Gasteiger partial charge is 0.264 e. The number of hydrogen-bond donors (Lipinski definition) is 1. The first-order valence-electron chi connectivity index (χ1n) is 10.4. The molecule has 8 nitrogen and oxygen atoms in total. The van der Waals surface area contributed by atoms with Crippen LogP contribution in [0.5, 0.6) is 11.5 Å². The molecule has 0 unspecified atom stereocenters. The van der Waals surface area contributed by atoms with Gasteiger partial charge < -0.3 is 9.47 Å². The predicted octanol–water partition coefficient (Wildman–Crippen LogP) is 4.79. The second-order valence-electron chi connectivity index (χ2n) is 7.78. The fraction of sp³-hybridized carbons (Fsp3) is 0.167. The molecule has 0 saturated carbocycles. The van der Waals surface area contributed by atoms with E-state index in [9.17, 15) is 13.2 Å². The highest BCUT2D eigenvalue weighted by Gasteiger charge is 2.28. The quantitative estimate of drug-likeness (QED) is 0.321. The Labute approximate surface area is 216 Å². The Morgan fingerprint density at radius 3 is 2.51 bits per heavy atom. The topological polar surface area (TPSA) is 97.3 Å². The first kappa shape index (κ1) is 25.0. The third-order valence-corrected chi connectivity index (χ3v) is 7.92. The molecule has 35 heavy (non-hydrogen) atoms. The van der Waals surface area contributed by atoms with Crippen LogP contribution in [0.15, 0.2) is 69.1 Å². The Morgan fingerprint density at radius 2 is 1.80 bits per heavy atom. The maximum absolute atomic E-state index is 13.5. The van der Waals surface area contributed by atoms with Gasteiger partial charge in [-0.3, -0.25) is 9.10 Å². The van der Waals surface area contributed by atoms with Gasteiger partial charge in [0, 0.05) is 15.1 Å². The Hall–Kier alpha value is -3.08. The molecule has 0 fully saturated rings. The summed E-state index contributed by atoms with van der Waals surface area (Å²) in [5.41, 5.74) is 4.89. The number of ether oxygens (including phenoxy) is 2. The molecule has 1 amide bonds. The molecule has 0 atom stereocenters. The lowest BCUT2D eigenvalue weighted by Crippen LogP contribution is -2.40. The number of carbonyl (C=O) groups is 1. The molecule has 11 heteroatoms. The Kier molecular flexibility index (Phi) is 7.34. The maximum Gasteiger partial charge on any atom is 0.264 e. The van der Waals surface area contributed by atoms with Crippen molar-refractivity contribution in [3.05, 3.63) is 80.8 Å². The molecule has 0 aromatic heterocycles. The highest BCUT2D eigenvalue weighted by molar-refractivity contribution is 9.10. The van der Waals surface area contributed by atoms with Gasteiger partial charge in [-0.05, 0) is 71.7 Å². The summed E-state index contributed by atoms with van der Waals surface area (Å²) in [5.74, 6) is 0.535. The van der Waals surface area contributed by atoms with Crippen molar-refractivity contribution in [3.63, 3.8) is 0 Å². The molecule has 0 bridgehead atoms. The van der Waals surface area contributed by atoms with Crippen molar-refractivity contribution in [2.75, 3.05) is 17.6 Å². The molecule has 1 N–H and O–H groups in total. The van der Waals surface area contributed by atoms with E-state index >= 15 is 0 Å². The number of nitrogens with one attached hydrogen (secondary N) is 1. The van der Waals surface area contributed by atoms with E-state index in [2.05, 4.69) is 26.5 Å². The summed E-state index contributed by atoms with van der Waals surface area (Å²) in [5, 5.41) is 4.33. The molecular weight excluding hydrogens is 558 g/mol. The molecule has 4 rings (SSSR count). The van der Waals surface area contributed by atoms with Crippen molar-refractivity contribution in [1.29, 1.82) is 0 Å². The van der Waals surface area contributed by atoms with E-state index in [0.717, 1.165) is 9.87 Å². The summed E-state index contributed by atoms with van der Waals surface area (Å²) in [6.07, 6.45) is 1.42. The van der Waals surface area contributed by atoms with Gasteiger partial charge >= 0.3 is 0 Å². The van der Waals surface area contributed by atoms with Gasteiger partial charge in [0.2, 0.25) is 6.79 Å². The van der Waals surface area contributed by atoms with E-state index in [-0.39, 0.29) is 11.7 Å². The van der Waals surface area contributed by atoms with Crippen LogP contribution < -0.4 is 19.2 Å². The zero-order chi connectivity index (χ0) is 25.2. The minimum Gasteiger partial charge on any atom is -0.454 e. The number of hydrazone groups is 1. The van der Waals surface area contributed by atoms with Gasteiger partial charge in [0.25, 0.3) is 15.9 Å². The largest absolute Gasteiger partial charge is 0.454 e. The number of halogens is 2. The van der Waals surface area contributed by atoms with Crippen molar-refractivity contribution < 1.29 is 22.7 Å².